The Morgan fingerprint density at radius 1 is 0.682 bits per heavy atom. The van der Waals surface area contributed by atoms with Crippen LogP contribution in [-0.4, -0.2) is 6.16 Å². The van der Waals surface area contributed by atoms with Gasteiger partial charge in [-0.2, -0.15) is 0 Å². The maximum absolute atomic E-state index is 11.7. The first-order valence-electron chi connectivity index (χ1n) is 7.87. The van der Waals surface area contributed by atoms with Gasteiger partial charge in [-0.25, -0.2) is 4.79 Å². The van der Waals surface area contributed by atoms with Crippen molar-refractivity contribution in [1.82, 2.24) is 0 Å². The van der Waals surface area contributed by atoms with E-state index in [-0.39, 0.29) is 5.41 Å². The highest BCUT2D eigenvalue weighted by molar-refractivity contribution is 5.67. The molecular weight excluding hydrogens is 276 g/mol. The van der Waals surface area contributed by atoms with Crippen molar-refractivity contribution in [3.63, 3.8) is 0 Å². The molecule has 1 fully saturated rings. The normalized spacial score (nSPS) is 19.2. The lowest BCUT2D eigenvalue weighted by Gasteiger charge is -2.39. The van der Waals surface area contributed by atoms with E-state index in [1.54, 1.807) is 0 Å². The van der Waals surface area contributed by atoms with E-state index >= 15 is 0 Å². The average molecular weight is 294 g/mol. The number of benzene rings is 2. The van der Waals surface area contributed by atoms with Crippen LogP contribution in [0.15, 0.2) is 48.5 Å². The SMILES string of the molecule is O=C1Oc2ccc(cc2)C2(CCCCC2)c2ccc(cc2)O1. The van der Waals surface area contributed by atoms with E-state index in [4.69, 9.17) is 9.47 Å². The quantitative estimate of drug-likeness (QED) is 0.516. The van der Waals surface area contributed by atoms with Gasteiger partial charge in [-0.3, -0.25) is 0 Å². The molecule has 1 spiro atoms. The molecule has 1 saturated carbocycles. The molecule has 112 valence electrons. The maximum atomic E-state index is 11.7. The molecule has 7 rings (SSSR count). The van der Waals surface area contributed by atoms with Gasteiger partial charge < -0.3 is 9.47 Å². The Hall–Kier alpha value is -2.29. The Morgan fingerprint density at radius 2 is 1.14 bits per heavy atom. The molecule has 3 heteroatoms. The van der Waals surface area contributed by atoms with Crippen molar-refractivity contribution in [3.05, 3.63) is 59.7 Å². The fourth-order valence-corrected chi connectivity index (χ4v) is 3.80. The van der Waals surface area contributed by atoms with Crippen LogP contribution >= 0.6 is 0 Å². The van der Waals surface area contributed by atoms with Crippen molar-refractivity contribution >= 4 is 6.16 Å². The van der Waals surface area contributed by atoms with Gasteiger partial charge in [-0.15, -0.1) is 0 Å². The molecule has 4 aliphatic heterocycles. The summed E-state index contributed by atoms with van der Waals surface area (Å²) < 4.78 is 10.4. The minimum absolute atomic E-state index is 0.0680. The molecule has 5 aliphatic rings. The van der Waals surface area contributed by atoms with Crippen molar-refractivity contribution in [2.45, 2.75) is 37.5 Å². The third-order valence-electron chi connectivity index (χ3n) is 4.92. The Balaban J connectivity index is 1.89. The van der Waals surface area contributed by atoms with E-state index in [1.165, 1.54) is 30.4 Å². The molecule has 0 saturated heterocycles. The van der Waals surface area contributed by atoms with E-state index in [1.807, 2.05) is 24.3 Å². The zero-order valence-corrected chi connectivity index (χ0v) is 12.4. The van der Waals surface area contributed by atoms with Gasteiger partial charge in [0.25, 0.3) is 0 Å². The summed E-state index contributed by atoms with van der Waals surface area (Å²) in [6, 6.07) is 15.8. The lowest BCUT2D eigenvalue weighted by molar-refractivity contribution is 0.151. The van der Waals surface area contributed by atoms with Gasteiger partial charge in [0.2, 0.25) is 0 Å². The van der Waals surface area contributed by atoms with Crippen LogP contribution in [-0.2, 0) is 5.41 Å². The lowest BCUT2D eigenvalue weighted by Crippen LogP contribution is -2.30. The summed E-state index contributed by atoms with van der Waals surface area (Å²) in [6.45, 7) is 0. The van der Waals surface area contributed by atoms with Crippen molar-refractivity contribution in [3.8, 4) is 11.5 Å². The number of carbonyl (C=O) groups excluding carboxylic acids is 1. The summed E-state index contributed by atoms with van der Waals surface area (Å²) >= 11 is 0. The van der Waals surface area contributed by atoms with Crippen LogP contribution in [0.4, 0.5) is 4.79 Å². The van der Waals surface area contributed by atoms with Crippen molar-refractivity contribution in [2.24, 2.45) is 0 Å². The number of rotatable bonds is 0. The standard InChI is InChI=1S/C19H18O3/c20-18-21-16-8-4-14(5-9-16)19(12-2-1-3-13-19)15-6-10-17(22-18)11-7-15/h4-11H,1-3,12-13H2. The number of carbonyl (C=O) groups is 1. The first kappa shape index (κ1) is 13.4. The van der Waals surface area contributed by atoms with E-state index in [0.717, 1.165) is 12.8 Å². The summed E-state index contributed by atoms with van der Waals surface area (Å²) in [6.07, 6.45) is 5.41. The zero-order valence-electron chi connectivity index (χ0n) is 12.4. The molecular formula is C19H18O3. The van der Waals surface area contributed by atoms with Crippen LogP contribution < -0.4 is 9.47 Å². The second kappa shape index (κ2) is 5.16. The number of hydrogen-bond donors (Lipinski definition) is 0. The van der Waals surface area contributed by atoms with Gasteiger partial charge in [-0.1, -0.05) is 43.5 Å². The highest BCUT2D eigenvalue weighted by atomic mass is 16.7. The van der Waals surface area contributed by atoms with E-state index in [0.29, 0.717) is 11.5 Å². The van der Waals surface area contributed by atoms with Gasteiger partial charge in [0, 0.05) is 5.41 Å². The van der Waals surface area contributed by atoms with Crippen LogP contribution in [0.3, 0.4) is 0 Å². The van der Waals surface area contributed by atoms with E-state index < -0.39 is 6.16 Å². The van der Waals surface area contributed by atoms with Crippen LogP contribution in [0.25, 0.3) is 0 Å². The second-order valence-corrected chi connectivity index (χ2v) is 6.15. The molecule has 0 amide bonds. The molecule has 0 radical (unpaired) electrons. The van der Waals surface area contributed by atoms with Crippen molar-refractivity contribution < 1.29 is 14.3 Å². The first-order chi connectivity index (χ1) is 10.8. The van der Waals surface area contributed by atoms with Crippen LogP contribution in [0.2, 0.25) is 0 Å². The fraction of sp³-hybridized carbons (Fsp3) is 0.316. The molecule has 22 heavy (non-hydrogen) atoms. The van der Waals surface area contributed by atoms with Crippen molar-refractivity contribution in [1.29, 1.82) is 0 Å². The molecule has 0 aromatic heterocycles. The molecule has 4 bridgehead atoms. The largest absolute Gasteiger partial charge is 0.519 e. The summed E-state index contributed by atoms with van der Waals surface area (Å²) in [5.74, 6) is 1.05. The van der Waals surface area contributed by atoms with E-state index in [2.05, 4.69) is 24.3 Å². The molecule has 4 heterocycles. The van der Waals surface area contributed by atoms with Crippen LogP contribution in [0.1, 0.15) is 43.2 Å². The van der Waals surface area contributed by atoms with Crippen LogP contribution in [0, 0.1) is 0 Å². The lowest BCUT2D eigenvalue weighted by atomic mass is 9.65. The third-order valence-corrected chi connectivity index (χ3v) is 4.92. The number of ether oxygens (including phenoxy) is 2. The predicted molar refractivity (Wildman–Crippen MR) is 83.4 cm³/mol. The summed E-state index contributed by atoms with van der Waals surface area (Å²) in [4.78, 5) is 11.7. The summed E-state index contributed by atoms with van der Waals surface area (Å²) in [5, 5.41) is 0. The Bertz CT molecular complexity index is 626. The fourth-order valence-electron chi connectivity index (χ4n) is 3.80. The first-order valence-corrected chi connectivity index (χ1v) is 7.87. The zero-order chi connectivity index (χ0) is 15.0. The van der Waals surface area contributed by atoms with Crippen molar-refractivity contribution in [2.75, 3.05) is 0 Å². The molecule has 0 N–H and O–H groups in total. The molecule has 0 unspecified atom stereocenters. The predicted octanol–water partition coefficient (Wildman–Crippen LogP) is 4.83. The van der Waals surface area contributed by atoms with Gasteiger partial charge in [0.05, 0.1) is 0 Å². The third kappa shape index (κ3) is 2.17. The molecule has 1 aliphatic carbocycles. The van der Waals surface area contributed by atoms with E-state index in [9.17, 15) is 4.79 Å². The Kier molecular flexibility index (Phi) is 3.14. The monoisotopic (exact) mass is 294 g/mol. The highest BCUT2D eigenvalue weighted by Crippen LogP contribution is 2.45. The molecule has 2 aromatic carbocycles. The van der Waals surface area contributed by atoms with Gasteiger partial charge in [0.15, 0.2) is 0 Å². The minimum atomic E-state index is -0.701. The van der Waals surface area contributed by atoms with Gasteiger partial charge >= 0.3 is 6.16 Å². The van der Waals surface area contributed by atoms with Gasteiger partial charge in [0.1, 0.15) is 11.5 Å². The minimum Gasteiger partial charge on any atom is -0.395 e. The number of hydrogen-bond acceptors (Lipinski definition) is 3. The topological polar surface area (TPSA) is 35.5 Å². The average Bonchev–Trinajstić information content (AvgIpc) is 2.56. The maximum Gasteiger partial charge on any atom is 0.519 e. The molecule has 2 aromatic rings. The Morgan fingerprint density at radius 3 is 1.59 bits per heavy atom. The Labute approximate surface area is 129 Å². The smallest absolute Gasteiger partial charge is 0.395 e. The summed E-state index contributed by atoms with van der Waals surface area (Å²) in [7, 11) is 0. The molecule has 0 atom stereocenters. The highest BCUT2D eigenvalue weighted by Gasteiger charge is 2.35. The van der Waals surface area contributed by atoms with Crippen LogP contribution in [0.5, 0.6) is 11.5 Å². The summed E-state index contributed by atoms with van der Waals surface area (Å²) in [5.41, 5.74) is 2.68. The molecule has 3 nitrogen and oxygen atoms in total. The van der Waals surface area contributed by atoms with Gasteiger partial charge in [-0.05, 0) is 48.2 Å². The second-order valence-electron chi connectivity index (χ2n) is 6.15.